The van der Waals surface area contributed by atoms with Crippen LogP contribution in [-0.2, 0) is 14.9 Å². The quantitative estimate of drug-likeness (QED) is 0.910. The number of hydrogen-bond donors (Lipinski definition) is 1. The summed E-state index contributed by atoms with van der Waals surface area (Å²) in [6, 6.07) is 10.6. The van der Waals surface area contributed by atoms with E-state index < -0.39 is 5.79 Å². The van der Waals surface area contributed by atoms with E-state index in [1.54, 1.807) is 0 Å². The Hall–Kier alpha value is -1.59. The van der Waals surface area contributed by atoms with Gasteiger partial charge in [0.25, 0.3) is 0 Å². The number of piperidine rings is 1. The molecule has 5 heteroatoms. The van der Waals surface area contributed by atoms with Crippen LogP contribution in [0.4, 0.5) is 4.79 Å². The third-order valence-electron chi connectivity index (χ3n) is 5.37. The predicted octanol–water partition coefficient (Wildman–Crippen LogP) is 3.29. The summed E-state index contributed by atoms with van der Waals surface area (Å²) in [7, 11) is 0. The van der Waals surface area contributed by atoms with Crippen molar-refractivity contribution in [2.45, 2.75) is 57.3 Å². The summed E-state index contributed by atoms with van der Waals surface area (Å²) < 4.78 is 11.4. The van der Waals surface area contributed by atoms with Crippen molar-refractivity contribution in [1.82, 2.24) is 10.2 Å². The molecule has 25 heavy (non-hydrogen) atoms. The monoisotopic (exact) mass is 346 g/mol. The average Bonchev–Trinajstić information content (AvgIpc) is 3.03. The average molecular weight is 346 g/mol. The summed E-state index contributed by atoms with van der Waals surface area (Å²) in [5.41, 5.74) is 1.32. The molecule has 1 spiro atoms. The van der Waals surface area contributed by atoms with Crippen LogP contribution in [-0.4, -0.2) is 49.1 Å². The van der Waals surface area contributed by atoms with Crippen molar-refractivity contribution in [2.24, 2.45) is 0 Å². The van der Waals surface area contributed by atoms with E-state index in [-0.39, 0.29) is 17.5 Å². The highest BCUT2D eigenvalue weighted by Gasteiger charge is 2.41. The van der Waals surface area contributed by atoms with Crippen LogP contribution in [0.2, 0.25) is 0 Å². The van der Waals surface area contributed by atoms with Crippen LogP contribution in [0.25, 0.3) is 0 Å². The number of nitrogens with zero attached hydrogens (tertiary/aromatic N) is 1. The molecule has 2 heterocycles. The fraction of sp³-hybridized carbons (Fsp3) is 0.650. The van der Waals surface area contributed by atoms with Crippen molar-refractivity contribution in [3.8, 4) is 0 Å². The molecule has 138 valence electrons. The first-order valence-electron chi connectivity index (χ1n) is 9.29. The maximum atomic E-state index is 12.6. The number of hydrogen-bond acceptors (Lipinski definition) is 3. The summed E-state index contributed by atoms with van der Waals surface area (Å²) in [6.45, 7) is 9.23. The molecule has 2 aliphatic rings. The van der Waals surface area contributed by atoms with Crippen molar-refractivity contribution in [1.29, 1.82) is 0 Å². The number of urea groups is 1. The lowest BCUT2D eigenvalue weighted by molar-refractivity contribution is -0.181. The minimum Gasteiger partial charge on any atom is -0.347 e. The number of carbonyl (C=O) groups excluding carboxylic acids is 1. The Balaban J connectivity index is 1.49. The second-order valence-corrected chi connectivity index (χ2v) is 7.90. The normalized spacial score (nSPS) is 21.3. The molecular formula is C20H30N2O3. The number of rotatable bonds is 4. The van der Waals surface area contributed by atoms with Crippen LogP contribution in [0.15, 0.2) is 30.3 Å². The first-order chi connectivity index (χ1) is 11.9. The maximum absolute atomic E-state index is 12.6. The van der Waals surface area contributed by atoms with Gasteiger partial charge < -0.3 is 19.7 Å². The lowest BCUT2D eigenvalue weighted by Gasteiger charge is -2.38. The van der Waals surface area contributed by atoms with Crippen LogP contribution in [0.5, 0.6) is 0 Å². The summed E-state index contributed by atoms with van der Waals surface area (Å²) in [6.07, 6.45) is 2.40. The van der Waals surface area contributed by atoms with Gasteiger partial charge in [-0.05, 0) is 24.3 Å². The second-order valence-electron chi connectivity index (χ2n) is 7.90. The predicted molar refractivity (Wildman–Crippen MR) is 97.5 cm³/mol. The summed E-state index contributed by atoms with van der Waals surface area (Å²) in [4.78, 5) is 14.4. The molecule has 1 aromatic rings. The van der Waals surface area contributed by atoms with Crippen LogP contribution < -0.4 is 5.32 Å². The Morgan fingerprint density at radius 1 is 1.20 bits per heavy atom. The van der Waals surface area contributed by atoms with Gasteiger partial charge in [-0.1, -0.05) is 44.2 Å². The molecule has 2 amide bonds. The molecule has 1 aromatic carbocycles. The Labute approximate surface area is 150 Å². The van der Waals surface area contributed by atoms with Gasteiger partial charge in [-0.25, -0.2) is 4.79 Å². The van der Waals surface area contributed by atoms with Gasteiger partial charge in [0.1, 0.15) is 0 Å². The number of likely N-dealkylation sites (tertiary alicyclic amines) is 1. The SMILES string of the molecule is C[C@H](CC(C)(C)c1ccccc1)NC(=O)N1CCC2(CC1)OCCO2. The molecule has 2 saturated heterocycles. The fourth-order valence-electron chi connectivity index (χ4n) is 3.96. The number of nitrogens with one attached hydrogen (secondary N) is 1. The Morgan fingerprint density at radius 2 is 1.80 bits per heavy atom. The number of benzene rings is 1. The van der Waals surface area contributed by atoms with Gasteiger partial charge in [0, 0.05) is 32.0 Å². The third-order valence-corrected chi connectivity index (χ3v) is 5.37. The van der Waals surface area contributed by atoms with Crippen molar-refractivity contribution >= 4 is 6.03 Å². The van der Waals surface area contributed by atoms with Crippen LogP contribution in [0.1, 0.15) is 45.6 Å². The van der Waals surface area contributed by atoms with Crippen molar-refractivity contribution in [3.05, 3.63) is 35.9 Å². The summed E-state index contributed by atoms with van der Waals surface area (Å²) in [5.74, 6) is -0.433. The molecule has 1 N–H and O–H groups in total. The molecule has 5 nitrogen and oxygen atoms in total. The lowest BCUT2D eigenvalue weighted by atomic mass is 9.79. The minimum atomic E-state index is -0.433. The van der Waals surface area contributed by atoms with E-state index in [0.717, 1.165) is 19.3 Å². The van der Waals surface area contributed by atoms with Crippen molar-refractivity contribution in [2.75, 3.05) is 26.3 Å². The highest BCUT2D eigenvalue weighted by molar-refractivity contribution is 5.74. The zero-order valence-corrected chi connectivity index (χ0v) is 15.6. The van der Waals surface area contributed by atoms with Crippen LogP contribution >= 0.6 is 0 Å². The van der Waals surface area contributed by atoms with E-state index in [9.17, 15) is 4.79 Å². The number of carbonyl (C=O) groups is 1. The lowest BCUT2D eigenvalue weighted by Crippen LogP contribution is -2.52. The highest BCUT2D eigenvalue weighted by Crippen LogP contribution is 2.31. The van der Waals surface area contributed by atoms with Gasteiger partial charge >= 0.3 is 6.03 Å². The Bertz CT molecular complexity index is 572. The third kappa shape index (κ3) is 4.33. The Kier molecular flexibility index (Phi) is 5.35. The summed E-state index contributed by atoms with van der Waals surface area (Å²) in [5, 5.41) is 3.16. The molecule has 0 bridgehead atoms. The number of ether oxygens (including phenoxy) is 2. The fourth-order valence-corrected chi connectivity index (χ4v) is 3.96. The molecule has 2 aliphatic heterocycles. The van der Waals surface area contributed by atoms with Crippen molar-refractivity contribution in [3.63, 3.8) is 0 Å². The van der Waals surface area contributed by atoms with E-state index in [0.29, 0.717) is 26.3 Å². The van der Waals surface area contributed by atoms with Gasteiger partial charge in [-0.15, -0.1) is 0 Å². The first kappa shape index (κ1) is 18.2. The molecule has 0 saturated carbocycles. The van der Waals surface area contributed by atoms with Crippen LogP contribution in [0.3, 0.4) is 0 Å². The zero-order chi connectivity index (χ0) is 17.9. The van der Waals surface area contributed by atoms with E-state index in [2.05, 4.69) is 50.4 Å². The number of amides is 2. The molecule has 2 fully saturated rings. The zero-order valence-electron chi connectivity index (χ0n) is 15.6. The Morgan fingerprint density at radius 3 is 2.40 bits per heavy atom. The van der Waals surface area contributed by atoms with Gasteiger partial charge in [-0.3, -0.25) is 0 Å². The standard InChI is InChI=1S/C20H30N2O3/c1-16(15-19(2,3)17-7-5-4-6-8-17)21-18(23)22-11-9-20(10-12-22)24-13-14-25-20/h4-8,16H,9-15H2,1-3H3,(H,21,23)/t16-/m1/s1. The van der Waals surface area contributed by atoms with Gasteiger partial charge in [0.05, 0.1) is 13.2 Å². The molecule has 0 aliphatic carbocycles. The molecule has 1 atom stereocenters. The van der Waals surface area contributed by atoms with Gasteiger partial charge in [0.15, 0.2) is 5.79 Å². The minimum absolute atomic E-state index is 0.0178. The maximum Gasteiger partial charge on any atom is 0.317 e. The largest absolute Gasteiger partial charge is 0.347 e. The smallest absolute Gasteiger partial charge is 0.317 e. The second kappa shape index (κ2) is 7.34. The van der Waals surface area contributed by atoms with E-state index >= 15 is 0 Å². The van der Waals surface area contributed by atoms with Gasteiger partial charge in [0.2, 0.25) is 0 Å². The molecule has 0 aromatic heterocycles. The highest BCUT2D eigenvalue weighted by atomic mass is 16.7. The molecular weight excluding hydrogens is 316 g/mol. The molecule has 0 radical (unpaired) electrons. The van der Waals surface area contributed by atoms with Crippen LogP contribution in [0, 0.1) is 0 Å². The molecule has 3 rings (SSSR count). The van der Waals surface area contributed by atoms with E-state index in [4.69, 9.17) is 9.47 Å². The van der Waals surface area contributed by atoms with E-state index in [1.807, 2.05) is 11.0 Å². The van der Waals surface area contributed by atoms with Gasteiger partial charge in [-0.2, -0.15) is 0 Å². The topological polar surface area (TPSA) is 50.8 Å². The molecule has 0 unspecified atom stereocenters. The summed E-state index contributed by atoms with van der Waals surface area (Å²) >= 11 is 0. The first-order valence-corrected chi connectivity index (χ1v) is 9.29. The van der Waals surface area contributed by atoms with E-state index in [1.165, 1.54) is 5.56 Å². The van der Waals surface area contributed by atoms with Crippen molar-refractivity contribution < 1.29 is 14.3 Å².